The Labute approximate surface area is 189 Å². The summed E-state index contributed by atoms with van der Waals surface area (Å²) in [5, 5.41) is 4.49. The molecule has 6 nitrogen and oxygen atoms in total. The molecular weight excluding hydrogens is 426 g/mol. The highest BCUT2D eigenvalue weighted by Gasteiger charge is 2.11. The quantitative estimate of drug-likeness (QED) is 0.195. The van der Waals surface area contributed by atoms with Crippen LogP contribution in [0, 0.1) is 0 Å². The Morgan fingerprint density at radius 3 is 2.50 bits per heavy atom. The minimum atomic E-state index is -0.517. The predicted octanol–water partition coefficient (Wildman–Crippen LogP) is 5.11. The van der Waals surface area contributed by atoms with Gasteiger partial charge < -0.3 is 9.30 Å². The summed E-state index contributed by atoms with van der Waals surface area (Å²) in [5.41, 5.74) is 4.78. The van der Waals surface area contributed by atoms with E-state index < -0.39 is 5.97 Å². The number of ether oxygens (including phenoxy) is 1. The maximum Gasteiger partial charge on any atom is 0.343 e. The molecular formula is C25H18ClN3O3. The Morgan fingerprint density at radius 2 is 1.69 bits per heavy atom. The summed E-state index contributed by atoms with van der Waals surface area (Å²) >= 11 is 5.92. The third kappa shape index (κ3) is 5.11. The Hall–Kier alpha value is -4.16. The van der Waals surface area contributed by atoms with Gasteiger partial charge in [-0.25, -0.2) is 10.2 Å². The van der Waals surface area contributed by atoms with Crippen molar-refractivity contribution >= 4 is 29.7 Å². The van der Waals surface area contributed by atoms with E-state index in [9.17, 15) is 9.59 Å². The predicted molar refractivity (Wildman–Crippen MR) is 124 cm³/mol. The molecule has 0 spiro atoms. The van der Waals surface area contributed by atoms with Gasteiger partial charge in [0, 0.05) is 17.4 Å². The molecule has 1 aromatic heterocycles. The van der Waals surface area contributed by atoms with Gasteiger partial charge in [-0.15, -0.1) is 0 Å². The largest absolute Gasteiger partial charge is 0.423 e. The van der Waals surface area contributed by atoms with Crippen LogP contribution in [0.25, 0.3) is 5.69 Å². The molecule has 0 saturated heterocycles. The number of hydrazone groups is 1. The number of rotatable bonds is 6. The number of amides is 1. The molecule has 158 valence electrons. The monoisotopic (exact) mass is 443 g/mol. The van der Waals surface area contributed by atoms with E-state index in [1.807, 2.05) is 41.2 Å². The lowest BCUT2D eigenvalue weighted by atomic mass is 10.1. The van der Waals surface area contributed by atoms with Crippen LogP contribution in [0.5, 0.6) is 5.75 Å². The molecule has 0 radical (unpaired) electrons. The van der Waals surface area contributed by atoms with E-state index in [1.165, 1.54) is 12.3 Å². The summed E-state index contributed by atoms with van der Waals surface area (Å²) in [4.78, 5) is 24.9. The van der Waals surface area contributed by atoms with Gasteiger partial charge in [-0.05, 0) is 60.2 Å². The molecule has 0 bridgehead atoms. The second-order valence-electron chi connectivity index (χ2n) is 6.78. The first-order valence-corrected chi connectivity index (χ1v) is 10.1. The van der Waals surface area contributed by atoms with Gasteiger partial charge in [0.1, 0.15) is 5.75 Å². The van der Waals surface area contributed by atoms with E-state index in [1.54, 1.807) is 54.6 Å². The van der Waals surface area contributed by atoms with Crippen LogP contribution in [0.4, 0.5) is 0 Å². The SMILES string of the molecule is O=C(Oc1cccc(C=NNC(=O)c2ccccc2-n2cccc2)c1)c1cccc(Cl)c1. The van der Waals surface area contributed by atoms with Crippen molar-refractivity contribution in [2.75, 3.05) is 0 Å². The number of para-hydroxylation sites is 1. The zero-order chi connectivity index (χ0) is 22.3. The van der Waals surface area contributed by atoms with Crippen LogP contribution in [0.2, 0.25) is 5.02 Å². The Bertz CT molecular complexity index is 1280. The lowest BCUT2D eigenvalue weighted by Gasteiger charge is -2.09. The third-order valence-corrected chi connectivity index (χ3v) is 4.78. The van der Waals surface area contributed by atoms with E-state index in [4.69, 9.17) is 16.3 Å². The lowest BCUT2D eigenvalue weighted by Crippen LogP contribution is -2.19. The molecule has 4 rings (SSSR count). The van der Waals surface area contributed by atoms with E-state index >= 15 is 0 Å². The zero-order valence-electron chi connectivity index (χ0n) is 16.8. The van der Waals surface area contributed by atoms with Crippen molar-refractivity contribution in [1.82, 2.24) is 9.99 Å². The van der Waals surface area contributed by atoms with Crippen molar-refractivity contribution in [2.45, 2.75) is 0 Å². The fourth-order valence-electron chi connectivity index (χ4n) is 3.05. The minimum absolute atomic E-state index is 0.339. The first-order valence-electron chi connectivity index (χ1n) is 9.74. The van der Waals surface area contributed by atoms with Gasteiger partial charge in [0.15, 0.2) is 0 Å². The molecule has 4 aromatic rings. The summed E-state index contributed by atoms with van der Waals surface area (Å²) in [7, 11) is 0. The minimum Gasteiger partial charge on any atom is -0.423 e. The Balaban J connectivity index is 1.43. The molecule has 3 aromatic carbocycles. The number of hydrogen-bond acceptors (Lipinski definition) is 4. The Morgan fingerprint density at radius 1 is 0.906 bits per heavy atom. The smallest absolute Gasteiger partial charge is 0.343 e. The number of aromatic nitrogens is 1. The normalized spacial score (nSPS) is 10.8. The van der Waals surface area contributed by atoms with Crippen molar-refractivity contribution in [3.05, 3.63) is 119 Å². The average molecular weight is 444 g/mol. The highest BCUT2D eigenvalue weighted by Crippen LogP contribution is 2.17. The maximum atomic E-state index is 12.6. The molecule has 1 N–H and O–H groups in total. The molecule has 1 heterocycles. The van der Waals surface area contributed by atoms with Gasteiger partial charge in [-0.1, -0.05) is 41.9 Å². The third-order valence-electron chi connectivity index (χ3n) is 4.54. The van der Waals surface area contributed by atoms with Crippen LogP contribution < -0.4 is 10.2 Å². The van der Waals surface area contributed by atoms with E-state index in [0.717, 1.165) is 5.69 Å². The summed E-state index contributed by atoms with van der Waals surface area (Å²) in [5.74, 6) is -0.506. The molecule has 0 fully saturated rings. The van der Waals surface area contributed by atoms with Gasteiger partial charge in [0.2, 0.25) is 0 Å². The van der Waals surface area contributed by atoms with Gasteiger partial charge in [-0.2, -0.15) is 5.10 Å². The van der Waals surface area contributed by atoms with Crippen LogP contribution in [-0.2, 0) is 0 Å². The number of benzene rings is 3. The first kappa shape index (κ1) is 21.1. The van der Waals surface area contributed by atoms with Crippen molar-refractivity contribution in [3.63, 3.8) is 0 Å². The van der Waals surface area contributed by atoms with Crippen molar-refractivity contribution in [3.8, 4) is 11.4 Å². The molecule has 7 heteroatoms. The summed E-state index contributed by atoms with van der Waals surface area (Å²) in [6, 6.07) is 24.4. The number of hydrogen-bond donors (Lipinski definition) is 1. The Kier molecular flexibility index (Phi) is 6.43. The number of nitrogens with zero attached hydrogens (tertiary/aromatic N) is 2. The molecule has 0 aliphatic rings. The van der Waals surface area contributed by atoms with Crippen molar-refractivity contribution < 1.29 is 14.3 Å². The molecule has 0 unspecified atom stereocenters. The lowest BCUT2D eigenvalue weighted by molar-refractivity contribution is 0.0734. The topological polar surface area (TPSA) is 72.7 Å². The van der Waals surface area contributed by atoms with E-state index in [0.29, 0.717) is 27.5 Å². The van der Waals surface area contributed by atoms with Crippen LogP contribution in [0.15, 0.2) is 102 Å². The number of carbonyl (C=O) groups excluding carboxylic acids is 2. The molecule has 0 aliphatic carbocycles. The van der Waals surface area contributed by atoms with Crippen LogP contribution in [0.1, 0.15) is 26.3 Å². The maximum absolute atomic E-state index is 12.6. The molecule has 32 heavy (non-hydrogen) atoms. The van der Waals surface area contributed by atoms with Crippen LogP contribution in [-0.4, -0.2) is 22.7 Å². The number of nitrogens with one attached hydrogen (secondary N) is 1. The number of esters is 1. The summed E-state index contributed by atoms with van der Waals surface area (Å²) in [6.45, 7) is 0. The molecule has 1 amide bonds. The van der Waals surface area contributed by atoms with Crippen LogP contribution in [0.3, 0.4) is 0 Å². The van der Waals surface area contributed by atoms with Gasteiger partial charge in [-0.3, -0.25) is 4.79 Å². The summed E-state index contributed by atoms with van der Waals surface area (Å²) in [6.07, 6.45) is 5.21. The molecule has 0 saturated carbocycles. The van der Waals surface area contributed by atoms with Crippen molar-refractivity contribution in [1.29, 1.82) is 0 Å². The van der Waals surface area contributed by atoms with Gasteiger partial charge in [0.05, 0.1) is 23.0 Å². The number of carbonyl (C=O) groups is 2. The average Bonchev–Trinajstić information content (AvgIpc) is 3.34. The van der Waals surface area contributed by atoms with Crippen LogP contribution >= 0.6 is 11.6 Å². The molecule has 0 aliphatic heterocycles. The van der Waals surface area contributed by atoms with Gasteiger partial charge >= 0.3 is 5.97 Å². The van der Waals surface area contributed by atoms with E-state index in [2.05, 4.69) is 10.5 Å². The van der Waals surface area contributed by atoms with Gasteiger partial charge in [0.25, 0.3) is 5.91 Å². The zero-order valence-corrected chi connectivity index (χ0v) is 17.6. The van der Waals surface area contributed by atoms with E-state index in [-0.39, 0.29) is 5.91 Å². The second kappa shape index (κ2) is 9.76. The second-order valence-corrected chi connectivity index (χ2v) is 7.22. The first-order chi connectivity index (χ1) is 15.6. The standard InChI is InChI=1S/C25H18ClN3O3/c26-20-9-6-8-19(16-20)25(31)32-21-10-5-7-18(15-21)17-27-28-24(30)22-11-1-2-12-23(22)29-13-3-4-14-29/h1-17H,(H,28,30). The highest BCUT2D eigenvalue weighted by molar-refractivity contribution is 6.30. The fraction of sp³-hybridized carbons (Fsp3) is 0. The fourth-order valence-corrected chi connectivity index (χ4v) is 3.24. The summed E-state index contributed by atoms with van der Waals surface area (Å²) < 4.78 is 7.26. The van der Waals surface area contributed by atoms with Crippen molar-refractivity contribution in [2.24, 2.45) is 5.10 Å². The highest BCUT2D eigenvalue weighted by atomic mass is 35.5. The number of halogens is 1. The molecule has 0 atom stereocenters.